The Hall–Kier alpha value is -1.80. The Balaban J connectivity index is 1.95. The molecule has 2 nitrogen and oxygen atoms in total. The van der Waals surface area contributed by atoms with Crippen molar-refractivity contribution < 1.29 is 5.11 Å². The van der Waals surface area contributed by atoms with Gasteiger partial charge in [-0.1, -0.05) is 48.5 Å². The van der Waals surface area contributed by atoms with Crippen molar-refractivity contribution in [3.05, 3.63) is 65.7 Å². The summed E-state index contributed by atoms with van der Waals surface area (Å²) in [6.07, 6.45) is 0.909. The Bertz CT molecular complexity index is 586. The van der Waals surface area contributed by atoms with E-state index in [2.05, 4.69) is 53.4 Å². The zero-order valence-electron chi connectivity index (χ0n) is 12.1. The van der Waals surface area contributed by atoms with E-state index in [4.69, 9.17) is 0 Å². The second-order valence-electron chi connectivity index (χ2n) is 6.12. The van der Waals surface area contributed by atoms with Crippen molar-refractivity contribution in [3.8, 4) is 0 Å². The molecule has 2 aromatic carbocycles. The van der Waals surface area contributed by atoms with E-state index in [9.17, 15) is 5.11 Å². The summed E-state index contributed by atoms with van der Waals surface area (Å²) in [5, 5.41) is 10.5. The van der Waals surface area contributed by atoms with E-state index in [0.29, 0.717) is 0 Å². The lowest BCUT2D eigenvalue weighted by atomic mass is 9.95. The molecule has 0 unspecified atom stereocenters. The van der Waals surface area contributed by atoms with Crippen molar-refractivity contribution >= 4 is 5.69 Å². The van der Waals surface area contributed by atoms with Crippen LogP contribution in [-0.4, -0.2) is 16.7 Å². The average molecular weight is 267 g/mol. The molecule has 104 valence electrons. The van der Waals surface area contributed by atoms with Crippen LogP contribution in [0.3, 0.4) is 0 Å². The van der Waals surface area contributed by atoms with E-state index in [-0.39, 0.29) is 6.04 Å². The average Bonchev–Trinajstić information content (AvgIpc) is 2.79. The van der Waals surface area contributed by atoms with Gasteiger partial charge in [0.05, 0.1) is 11.6 Å². The third kappa shape index (κ3) is 2.44. The van der Waals surface area contributed by atoms with Crippen LogP contribution in [0.4, 0.5) is 5.69 Å². The van der Waals surface area contributed by atoms with Crippen molar-refractivity contribution in [1.29, 1.82) is 0 Å². The first-order chi connectivity index (χ1) is 9.55. The van der Waals surface area contributed by atoms with Crippen LogP contribution in [0, 0.1) is 0 Å². The zero-order valence-corrected chi connectivity index (χ0v) is 12.1. The Morgan fingerprint density at radius 2 is 1.70 bits per heavy atom. The predicted octanol–water partition coefficient (Wildman–Crippen LogP) is 3.39. The monoisotopic (exact) mass is 267 g/mol. The highest BCUT2D eigenvalue weighted by Gasteiger charge is 2.38. The minimum atomic E-state index is -0.714. The van der Waals surface area contributed by atoms with E-state index < -0.39 is 5.60 Å². The summed E-state index contributed by atoms with van der Waals surface area (Å²) in [7, 11) is 0. The standard InChI is InChI=1S/C18H21NO/c1-18(2,20)17-12-15-10-6-7-11-16(15)19(17)13-14-8-4-3-5-9-14/h3-11,17,20H,12-13H2,1-2H3/t17-/m0/s1. The first-order valence-corrected chi connectivity index (χ1v) is 7.16. The van der Waals surface area contributed by atoms with Gasteiger partial charge in [0.15, 0.2) is 0 Å². The second kappa shape index (κ2) is 4.95. The number of anilines is 1. The van der Waals surface area contributed by atoms with E-state index >= 15 is 0 Å². The van der Waals surface area contributed by atoms with Gasteiger partial charge in [0.1, 0.15) is 0 Å². The number of hydrogen-bond donors (Lipinski definition) is 1. The summed E-state index contributed by atoms with van der Waals surface area (Å²) in [4.78, 5) is 2.34. The van der Waals surface area contributed by atoms with Crippen LogP contribution in [0.5, 0.6) is 0 Å². The minimum absolute atomic E-state index is 0.125. The summed E-state index contributed by atoms with van der Waals surface area (Å²) < 4.78 is 0. The molecule has 20 heavy (non-hydrogen) atoms. The van der Waals surface area contributed by atoms with Gasteiger partial charge in [0, 0.05) is 12.2 Å². The van der Waals surface area contributed by atoms with Crippen molar-refractivity contribution in [2.24, 2.45) is 0 Å². The maximum atomic E-state index is 10.5. The highest BCUT2D eigenvalue weighted by atomic mass is 16.3. The third-order valence-electron chi connectivity index (χ3n) is 4.10. The van der Waals surface area contributed by atoms with Gasteiger partial charge in [-0.15, -0.1) is 0 Å². The number of nitrogens with zero attached hydrogens (tertiary/aromatic N) is 1. The molecule has 0 saturated heterocycles. The van der Waals surface area contributed by atoms with Gasteiger partial charge >= 0.3 is 0 Å². The molecule has 1 aliphatic heterocycles. The third-order valence-corrected chi connectivity index (χ3v) is 4.10. The Labute approximate surface area is 120 Å². The maximum absolute atomic E-state index is 10.5. The lowest BCUT2D eigenvalue weighted by Gasteiger charge is -2.35. The van der Waals surface area contributed by atoms with Crippen molar-refractivity contribution in [2.75, 3.05) is 4.90 Å². The van der Waals surface area contributed by atoms with Crippen molar-refractivity contribution in [1.82, 2.24) is 0 Å². The summed E-state index contributed by atoms with van der Waals surface area (Å²) >= 11 is 0. The SMILES string of the molecule is CC(C)(O)[C@@H]1Cc2ccccc2N1Cc1ccccc1. The maximum Gasteiger partial charge on any atom is 0.0797 e. The molecule has 0 aromatic heterocycles. The van der Waals surface area contributed by atoms with Crippen LogP contribution < -0.4 is 4.90 Å². The fourth-order valence-electron chi connectivity index (χ4n) is 3.06. The number of hydrogen-bond acceptors (Lipinski definition) is 2. The normalized spacial score (nSPS) is 18.1. The highest BCUT2D eigenvalue weighted by Crippen LogP contribution is 2.37. The molecule has 1 N–H and O–H groups in total. The molecule has 0 saturated carbocycles. The summed E-state index contributed by atoms with van der Waals surface area (Å²) in [6, 6.07) is 19.0. The van der Waals surface area contributed by atoms with Crippen LogP contribution in [0.2, 0.25) is 0 Å². The molecule has 3 rings (SSSR count). The lowest BCUT2D eigenvalue weighted by molar-refractivity contribution is 0.0512. The van der Waals surface area contributed by atoms with Crippen LogP contribution in [0.25, 0.3) is 0 Å². The van der Waals surface area contributed by atoms with Gasteiger partial charge in [-0.05, 0) is 37.5 Å². The number of aliphatic hydroxyl groups is 1. The first-order valence-electron chi connectivity index (χ1n) is 7.16. The lowest BCUT2D eigenvalue weighted by Crippen LogP contribution is -2.47. The van der Waals surface area contributed by atoms with Gasteiger partial charge < -0.3 is 10.0 Å². The molecule has 0 spiro atoms. The molecular formula is C18H21NO. The van der Waals surface area contributed by atoms with E-state index in [1.54, 1.807) is 0 Å². The summed E-state index contributed by atoms with van der Waals surface area (Å²) in [5.41, 5.74) is 3.14. The fourth-order valence-corrected chi connectivity index (χ4v) is 3.06. The van der Waals surface area contributed by atoms with Crippen LogP contribution in [0.15, 0.2) is 54.6 Å². The molecule has 1 aliphatic rings. The molecule has 0 bridgehead atoms. The number of para-hydroxylation sites is 1. The molecule has 0 fully saturated rings. The van der Waals surface area contributed by atoms with Crippen LogP contribution >= 0.6 is 0 Å². The first kappa shape index (κ1) is 13.2. The Morgan fingerprint density at radius 3 is 2.40 bits per heavy atom. The van der Waals surface area contributed by atoms with Crippen LogP contribution in [-0.2, 0) is 13.0 Å². The summed E-state index contributed by atoms with van der Waals surface area (Å²) in [6.45, 7) is 4.65. The van der Waals surface area contributed by atoms with E-state index in [1.807, 2.05) is 19.9 Å². The second-order valence-corrected chi connectivity index (χ2v) is 6.12. The predicted molar refractivity (Wildman–Crippen MR) is 82.9 cm³/mol. The number of fused-ring (bicyclic) bond motifs is 1. The van der Waals surface area contributed by atoms with Crippen molar-refractivity contribution in [2.45, 2.75) is 38.5 Å². The van der Waals surface area contributed by atoms with Crippen molar-refractivity contribution in [3.63, 3.8) is 0 Å². The highest BCUT2D eigenvalue weighted by molar-refractivity contribution is 5.60. The number of rotatable bonds is 3. The molecule has 2 aromatic rings. The van der Waals surface area contributed by atoms with Crippen LogP contribution in [0.1, 0.15) is 25.0 Å². The van der Waals surface area contributed by atoms with Gasteiger partial charge in [-0.25, -0.2) is 0 Å². The molecular weight excluding hydrogens is 246 g/mol. The molecule has 1 atom stereocenters. The molecule has 0 radical (unpaired) electrons. The van der Waals surface area contributed by atoms with Gasteiger partial charge in [0.2, 0.25) is 0 Å². The van der Waals surface area contributed by atoms with Gasteiger partial charge in [0.25, 0.3) is 0 Å². The van der Waals surface area contributed by atoms with Gasteiger partial charge in [-0.2, -0.15) is 0 Å². The fraction of sp³-hybridized carbons (Fsp3) is 0.333. The van der Waals surface area contributed by atoms with E-state index in [0.717, 1.165) is 13.0 Å². The van der Waals surface area contributed by atoms with E-state index in [1.165, 1.54) is 16.8 Å². The number of benzene rings is 2. The quantitative estimate of drug-likeness (QED) is 0.921. The Morgan fingerprint density at radius 1 is 1.05 bits per heavy atom. The summed E-state index contributed by atoms with van der Waals surface area (Å²) in [5.74, 6) is 0. The van der Waals surface area contributed by atoms with Gasteiger partial charge in [-0.3, -0.25) is 0 Å². The molecule has 0 amide bonds. The smallest absolute Gasteiger partial charge is 0.0797 e. The molecule has 1 heterocycles. The largest absolute Gasteiger partial charge is 0.388 e. The topological polar surface area (TPSA) is 23.5 Å². The molecule has 0 aliphatic carbocycles. The Kier molecular flexibility index (Phi) is 3.27. The zero-order chi connectivity index (χ0) is 14.2. The molecule has 2 heteroatoms. The minimum Gasteiger partial charge on any atom is -0.388 e.